The molecule has 0 bridgehead atoms. The van der Waals surface area contributed by atoms with E-state index in [1.807, 2.05) is 20.8 Å². The molecule has 15 heavy (non-hydrogen) atoms. The van der Waals surface area contributed by atoms with E-state index in [1.165, 1.54) is 0 Å². The summed E-state index contributed by atoms with van der Waals surface area (Å²) < 4.78 is 0.0879. The fraction of sp³-hybridized carbons (Fsp3) is 0.909. The number of hydrogen-bond donors (Lipinski definition) is 1. The van der Waals surface area contributed by atoms with Crippen LogP contribution < -0.4 is 0 Å². The zero-order valence-electron chi connectivity index (χ0n) is 10.0. The van der Waals surface area contributed by atoms with Gasteiger partial charge in [-0.1, -0.05) is 6.92 Å². The van der Waals surface area contributed by atoms with Gasteiger partial charge < -0.3 is 4.84 Å². The van der Waals surface area contributed by atoms with E-state index in [4.69, 9.17) is 4.84 Å². The fourth-order valence-corrected chi connectivity index (χ4v) is 1.51. The van der Waals surface area contributed by atoms with Gasteiger partial charge in [-0.25, -0.2) is 4.79 Å². The Labute approximate surface area is 97.5 Å². The van der Waals surface area contributed by atoms with E-state index >= 15 is 0 Å². The van der Waals surface area contributed by atoms with Crippen molar-refractivity contribution < 1.29 is 9.63 Å². The summed E-state index contributed by atoms with van der Waals surface area (Å²) in [4.78, 5) is 16.9. The predicted octanol–water partition coefficient (Wildman–Crippen LogP) is 2.28. The molecule has 3 nitrogen and oxygen atoms in total. The molecule has 0 aliphatic carbocycles. The molecule has 88 valence electrons. The third kappa shape index (κ3) is 4.03. The van der Waals surface area contributed by atoms with Gasteiger partial charge in [-0.3, -0.25) is 0 Å². The maximum atomic E-state index is 11.6. The first-order valence-corrected chi connectivity index (χ1v) is 5.85. The highest BCUT2D eigenvalue weighted by Gasteiger charge is 2.31. The van der Waals surface area contributed by atoms with Crippen LogP contribution in [0.15, 0.2) is 0 Å². The molecule has 0 saturated carbocycles. The van der Waals surface area contributed by atoms with Crippen molar-refractivity contribution in [2.45, 2.75) is 45.3 Å². The lowest BCUT2D eigenvalue weighted by Gasteiger charge is -2.35. The molecule has 0 unspecified atom stereocenters. The Morgan fingerprint density at radius 1 is 1.33 bits per heavy atom. The minimum Gasteiger partial charge on any atom is -0.367 e. The Bertz CT molecular complexity index is 235. The van der Waals surface area contributed by atoms with Crippen LogP contribution in [0.25, 0.3) is 0 Å². The second kappa shape index (κ2) is 4.34. The quantitative estimate of drug-likeness (QED) is 0.702. The average molecular weight is 231 g/mol. The molecule has 0 radical (unpaired) electrons. The first-order chi connectivity index (χ1) is 6.71. The van der Waals surface area contributed by atoms with Crippen molar-refractivity contribution in [2.24, 2.45) is 5.41 Å². The number of hydrogen-bond acceptors (Lipinski definition) is 4. The fourth-order valence-electron chi connectivity index (χ4n) is 1.31. The van der Waals surface area contributed by atoms with Crippen molar-refractivity contribution in [3.8, 4) is 0 Å². The monoisotopic (exact) mass is 231 g/mol. The standard InChI is InChI=1S/C11H21NO2S/c1-10(2,3)9(13)14-12-7-5-11(4,15)6-8-12/h15H,5-8H2,1-4H3. The number of piperidine rings is 1. The van der Waals surface area contributed by atoms with Gasteiger partial charge in [0.2, 0.25) is 0 Å². The average Bonchev–Trinajstić information content (AvgIpc) is 2.07. The van der Waals surface area contributed by atoms with E-state index in [9.17, 15) is 4.79 Å². The van der Waals surface area contributed by atoms with Gasteiger partial charge >= 0.3 is 5.97 Å². The second-order valence-corrected chi connectivity index (χ2v) is 6.63. The van der Waals surface area contributed by atoms with Gasteiger partial charge in [0.15, 0.2) is 0 Å². The predicted molar refractivity (Wildman–Crippen MR) is 63.7 cm³/mol. The normalized spacial score (nSPS) is 22.5. The van der Waals surface area contributed by atoms with Crippen molar-refractivity contribution in [3.05, 3.63) is 0 Å². The number of carbonyl (C=O) groups excluding carboxylic acids is 1. The Kier molecular flexibility index (Phi) is 3.71. The molecule has 1 saturated heterocycles. The first-order valence-electron chi connectivity index (χ1n) is 5.40. The third-order valence-corrected chi connectivity index (χ3v) is 3.07. The number of carbonyl (C=O) groups is 1. The van der Waals surface area contributed by atoms with Crippen LogP contribution in [0.2, 0.25) is 0 Å². The molecule has 0 N–H and O–H groups in total. The van der Waals surface area contributed by atoms with Crippen LogP contribution in [0.5, 0.6) is 0 Å². The Morgan fingerprint density at radius 2 is 1.80 bits per heavy atom. The van der Waals surface area contributed by atoms with Crippen LogP contribution in [0.4, 0.5) is 0 Å². The SMILES string of the molecule is CC1(S)CCN(OC(=O)C(C)(C)C)CC1. The lowest BCUT2D eigenvalue weighted by molar-refractivity contribution is -0.204. The zero-order chi connectivity index (χ0) is 11.7. The summed E-state index contributed by atoms with van der Waals surface area (Å²) in [5.74, 6) is -0.162. The molecule has 1 rings (SSSR count). The molecule has 0 aromatic heterocycles. The molecule has 0 amide bonds. The van der Waals surface area contributed by atoms with Gasteiger partial charge in [0, 0.05) is 17.8 Å². The minimum absolute atomic E-state index is 0.0879. The third-order valence-electron chi connectivity index (χ3n) is 2.62. The van der Waals surface area contributed by atoms with Gasteiger partial charge in [0.25, 0.3) is 0 Å². The number of rotatable bonds is 1. The Balaban J connectivity index is 2.40. The minimum atomic E-state index is -0.429. The summed E-state index contributed by atoms with van der Waals surface area (Å²) in [6, 6.07) is 0. The highest BCUT2D eigenvalue weighted by Crippen LogP contribution is 2.28. The van der Waals surface area contributed by atoms with Crippen molar-refractivity contribution in [2.75, 3.05) is 13.1 Å². The summed E-state index contributed by atoms with van der Waals surface area (Å²) in [6.07, 6.45) is 1.90. The molecular formula is C11H21NO2S. The second-order valence-electron chi connectivity index (χ2n) is 5.55. The van der Waals surface area contributed by atoms with E-state index in [0.717, 1.165) is 25.9 Å². The maximum absolute atomic E-state index is 11.6. The summed E-state index contributed by atoms with van der Waals surface area (Å²) >= 11 is 4.54. The van der Waals surface area contributed by atoms with Crippen LogP contribution in [0.1, 0.15) is 40.5 Å². The molecule has 0 spiro atoms. The summed E-state index contributed by atoms with van der Waals surface area (Å²) in [5, 5.41) is 1.76. The zero-order valence-corrected chi connectivity index (χ0v) is 10.9. The van der Waals surface area contributed by atoms with Crippen LogP contribution in [-0.4, -0.2) is 28.9 Å². The molecule has 0 aromatic carbocycles. The van der Waals surface area contributed by atoms with Crippen molar-refractivity contribution >= 4 is 18.6 Å². The lowest BCUT2D eigenvalue weighted by Crippen LogP contribution is -2.42. The van der Waals surface area contributed by atoms with E-state index in [-0.39, 0.29) is 10.7 Å². The molecule has 1 aliphatic rings. The topological polar surface area (TPSA) is 29.5 Å². The Morgan fingerprint density at radius 3 is 2.20 bits per heavy atom. The molecule has 1 fully saturated rings. The van der Waals surface area contributed by atoms with Crippen LogP contribution in [-0.2, 0) is 9.63 Å². The number of thiol groups is 1. The molecule has 4 heteroatoms. The number of hydroxylamine groups is 2. The number of nitrogens with zero attached hydrogens (tertiary/aromatic N) is 1. The van der Waals surface area contributed by atoms with Gasteiger partial charge in [0.1, 0.15) is 0 Å². The van der Waals surface area contributed by atoms with Gasteiger partial charge in [-0.05, 0) is 33.6 Å². The first kappa shape index (κ1) is 12.8. The van der Waals surface area contributed by atoms with Crippen LogP contribution in [0.3, 0.4) is 0 Å². The molecular weight excluding hydrogens is 210 g/mol. The van der Waals surface area contributed by atoms with Gasteiger partial charge in [-0.15, -0.1) is 5.06 Å². The Hall–Kier alpha value is -0.220. The van der Waals surface area contributed by atoms with E-state index in [1.54, 1.807) is 5.06 Å². The lowest BCUT2D eigenvalue weighted by atomic mass is 9.97. The molecule has 1 aliphatic heterocycles. The summed E-state index contributed by atoms with van der Waals surface area (Å²) in [7, 11) is 0. The highest BCUT2D eigenvalue weighted by molar-refractivity contribution is 7.81. The van der Waals surface area contributed by atoms with E-state index in [0.29, 0.717) is 0 Å². The largest absolute Gasteiger partial charge is 0.367 e. The molecule has 0 atom stereocenters. The van der Waals surface area contributed by atoms with Crippen molar-refractivity contribution in [3.63, 3.8) is 0 Å². The van der Waals surface area contributed by atoms with E-state index < -0.39 is 5.41 Å². The van der Waals surface area contributed by atoms with Gasteiger partial charge in [-0.2, -0.15) is 12.6 Å². The van der Waals surface area contributed by atoms with Crippen molar-refractivity contribution in [1.29, 1.82) is 0 Å². The highest BCUT2D eigenvalue weighted by atomic mass is 32.1. The summed E-state index contributed by atoms with van der Waals surface area (Å²) in [6.45, 7) is 9.27. The van der Waals surface area contributed by atoms with Crippen molar-refractivity contribution in [1.82, 2.24) is 5.06 Å². The van der Waals surface area contributed by atoms with Crippen LogP contribution >= 0.6 is 12.6 Å². The summed E-state index contributed by atoms with van der Waals surface area (Å²) in [5.41, 5.74) is -0.429. The smallest absolute Gasteiger partial charge is 0.330 e. The van der Waals surface area contributed by atoms with Crippen LogP contribution in [0, 0.1) is 5.41 Å². The molecule has 1 heterocycles. The van der Waals surface area contributed by atoms with E-state index in [2.05, 4.69) is 19.6 Å². The van der Waals surface area contributed by atoms with Gasteiger partial charge in [0.05, 0.1) is 5.41 Å². The molecule has 0 aromatic rings. The maximum Gasteiger partial charge on any atom is 0.330 e.